The van der Waals surface area contributed by atoms with E-state index in [1.165, 1.54) is 19.4 Å². The number of H-pyrrole nitrogens is 1. The number of aromatic nitrogens is 2. The van der Waals surface area contributed by atoms with Gasteiger partial charge >= 0.3 is 0 Å². The van der Waals surface area contributed by atoms with Crippen molar-refractivity contribution in [1.82, 2.24) is 14.9 Å². The van der Waals surface area contributed by atoms with Crippen LogP contribution in [0.4, 0.5) is 5.95 Å². The number of imidazole rings is 1. The number of hydrogen-bond acceptors (Lipinski definition) is 3. The number of likely N-dealkylation sites (N-methyl/N-ethyl adjacent to an activating group) is 1. The summed E-state index contributed by atoms with van der Waals surface area (Å²) in [5, 5.41) is 3.42. The highest BCUT2D eigenvalue weighted by Gasteiger charge is 2.18. The zero-order valence-corrected chi connectivity index (χ0v) is 8.66. The molecule has 0 amide bonds. The van der Waals surface area contributed by atoms with E-state index < -0.39 is 0 Å². The van der Waals surface area contributed by atoms with Crippen molar-refractivity contribution in [3.63, 3.8) is 0 Å². The van der Waals surface area contributed by atoms with Crippen LogP contribution < -0.4 is 5.32 Å². The van der Waals surface area contributed by atoms with Crippen LogP contribution in [0.25, 0.3) is 0 Å². The van der Waals surface area contributed by atoms with Crippen LogP contribution in [-0.2, 0) is 0 Å². The molecular formula is C10H18N4. The van der Waals surface area contributed by atoms with Crippen molar-refractivity contribution >= 4 is 5.95 Å². The van der Waals surface area contributed by atoms with E-state index in [9.17, 15) is 0 Å². The number of nitrogens with zero attached hydrogens (tertiary/aromatic N) is 2. The Hall–Kier alpha value is -1.03. The summed E-state index contributed by atoms with van der Waals surface area (Å²) >= 11 is 0. The van der Waals surface area contributed by atoms with Gasteiger partial charge in [-0.15, -0.1) is 0 Å². The topological polar surface area (TPSA) is 44.0 Å². The lowest BCUT2D eigenvalue weighted by Crippen LogP contribution is -2.42. The molecule has 78 valence electrons. The average molecular weight is 194 g/mol. The van der Waals surface area contributed by atoms with E-state index in [4.69, 9.17) is 0 Å². The molecule has 0 aliphatic carbocycles. The molecule has 1 saturated heterocycles. The number of hydrogen-bond donors (Lipinski definition) is 2. The minimum absolute atomic E-state index is 0.551. The molecule has 2 heterocycles. The second-order valence-corrected chi connectivity index (χ2v) is 3.81. The van der Waals surface area contributed by atoms with Gasteiger partial charge in [0.15, 0.2) is 5.95 Å². The SMILES string of the molecule is CCN1CCCC(Nc2ncc[nH]2)C1. The van der Waals surface area contributed by atoms with E-state index in [-0.39, 0.29) is 0 Å². The Balaban J connectivity index is 1.86. The lowest BCUT2D eigenvalue weighted by molar-refractivity contribution is 0.226. The van der Waals surface area contributed by atoms with E-state index in [0.717, 1.165) is 19.0 Å². The highest BCUT2D eigenvalue weighted by molar-refractivity contribution is 5.25. The first-order chi connectivity index (χ1) is 6.88. The molecule has 4 nitrogen and oxygen atoms in total. The van der Waals surface area contributed by atoms with Gasteiger partial charge in [-0.05, 0) is 25.9 Å². The zero-order valence-electron chi connectivity index (χ0n) is 8.66. The van der Waals surface area contributed by atoms with E-state index >= 15 is 0 Å². The van der Waals surface area contributed by atoms with Crippen molar-refractivity contribution in [3.8, 4) is 0 Å². The zero-order chi connectivity index (χ0) is 9.80. The van der Waals surface area contributed by atoms with Crippen LogP contribution in [0.15, 0.2) is 12.4 Å². The number of likely N-dealkylation sites (tertiary alicyclic amines) is 1. The summed E-state index contributed by atoms with van der Waals surface area (Å²) in [6.07, 6.45) is 6.16. The lowest BCUT2D eigenvalue weighted by Gasteiger charge is -2.32. The molecule has 1 aliphatic rings. The summed E-state index contributed by atoms with van der Waals surface area (Å²) in [7, 11) is 0. The number of rotatable bonds is 3. The third-order valence-electron chi connectivity index (χ3n) is 2.79. The second kappa shape index (κ2) is 4.46. The molecular weight excluding hydrogens is 176 g/mol. The first kappa shape index (κ1) is 9.52. The molecule has 0 radical (unpaired) electrons. The normalized spacial score (nSPS) is 23.6. The molecule has 0 spiro atoms. The summed E-state index contributed by atoms with van der Waals surface area (Å²) in [4.78, 5) is 9.73. The van der Waals surface area contributed by atoms with Gasteiger partial charge in [0.2, 0.25) is 0 Å². The monoisotopic (exact) mass is 194 g/mol. The Morgan fingerprint density at radius 2 is 2.64 bits per heavy atom. The summed E-state index contributed by atoms with van der Waals surface area (Å²) in [6.45, 7) is 5.75. The van der Waals surface area contributed by atoms with Gasteiger partial charge in [0.05, 0.1) is 0 Å². The Labute approximate surface area is 84.7 Å². The van der Waals surface area contributed by atoms with E-state index in [1.54, 1.807) is 6.20 Å². The third kappa shape index (κ3) is 2.26. The molecule has 0 saturated carbocycles. The van der Waals surface area contributed by atoms with Crippen molar-refractivity contribution in [2.75, 3.05) is 25.0 Å². The van der Waals surface area contributed by atoms with Crippen molar-refractivity contribution in [2.24, 2.45) is 0 Å². The van der Waals surface area contributed by atoms with Gasteiger partial charge in [-0.25, -0.2) is 4.98 Å². The minimum Gasteiger partial charge on any atom is -0.352 e. The quantitative estimate of drug-likeness (QED) is 0.762. The minimum atomic E-state index is 0.551. The number of anilines is 1. The molecule has 1 atom stereocenters. The first-order valence-electron chi connectivity index (χ1n) is 5.36. The Kier molecular flexibility index (Phi) is 3.03. The molecule has 1 aromatic heterocycles. The van der Waals surface area contributed by atoms with Gasteiger partial charge < -0.3 is 15.2 Å². The van der Waals surface area contributed by atoms with Gasteiger partial charge in [-0.2, -0.15) is 0 Å². The maximum absolute atomic E-state index is 4.18. The van der Waals surface area contributed by atoms with Crippen LogP contribution in [0.1, 0.15) is 19.8 Å². The Bertz CT molecular complexity index is 257. The third-order valence-corrected chi connectivity index (χ3v) is 2.79. The Morgan fingerprint density at radius 1 is 1.71 bits per heavy atom. The molecule has 0 aromatic carbocycles. The van der Waals surface area contributed by atoms with Gasteiger partial charge in [-0.3, -0.25) is 0 Å². The molecule has 2 rings (SSSR count). The van der Waals surface area contributed by atoms with Crippen molar-refractivity contribution < 1.29 is 0 Å². The fourth-order valence-electron chi connectivity index (χ4n) is 2.00. The molecule has 2 N–H and O–H groups in total. The largest absolute Gasteiger partial charge is 0.352 e. The van der Waals surface area contributed by atoms with Crippen LogP contribution in [0, 0.1) is 0 Å². The fourth-order valence-corrected chi connectivity index (χ4v) is 2.00. The molecule has 1 unspecified atom stereocenters. The molecule has 1 fully saturated rings. The smallest absolute Gasteiger partial charge is 0.200 e. The standard InChI is InChI=1S/C10H18N4/c1-2-14-7-3-4-9(8-14)13-10-11-5-6-12-10/h5-6,9H,2-4,7-8H2,1H3,(H2,11,12,13). The van der Waals surface area contributed by atoms with E-state index in [1.807, 2.05) is 6.20 Å². The number of aromatic amines is 1. The van der Waals surface area contributed by atoms with Crippen LogP contribution >= 0.6 is 0 Å². The fraction of sp³-hybridized carbons (Fsp3) is 0.700. The van der Waals surface area contributed by atoms with Crippen LogP contribution in [0.2, 0.25) is 0 Å². The molecule has 14 heavy (non-hydrogen) atoms. The highest BCUT2D eigenvalue weighted by Crippen LogP contribution is 2.12. The summed E-state index contributed by atoms with van der Waals surface area (Å²) in [5.74, 6) is 0.896. The summed E-state index contributed by atoms with van der Waals surface area (Å²) in [5.41, 5.74) is 0. The predicted molar refractivity (Wildman–Crippen MR) is 57.3 cm³/mol. The predicted octanol–water partition coefficient (Wildman–Crippen LogP) is 1.31. The first-order valence-corrected chi connectivity index (χ1v) is 5.36. The van der Waals surface area contributed by atoms with Gasteiger partial charge in [0, 0.05) is 25.0 Å². The van der Waals surface area contributed by atoms with Crippen molar-refractivity contribution in [3.05, 3.63) is 12.4 Å². The van der Waals surface area contributed by atoms with Gasteiger partial charge in [0.25, 0.3) is 0 Å². The Morgan fingerprint density at radius 3 is 3.36 bits per heavy atom. The number of piperidine rings is 1. The van der Waals surface area contributed by atoms with Crippen LogP contribution in [0.5, 0.6) is 0 Å². The second-order valence-electron chi connectivity index (χ2n) is 3.81. The maximum atomic E-state index is 4.18. The highest BCUT2D eigenvalue weighted by atomic mass is 15.2. The van der Waals surface area contributed by atoms with Gasteiger partial charge in [0.1, 0.15) is 0 Å². The molecule has 0 bridgehead atoms. The van der Waals surface area contributed by atoms with Crippen molar-refractivity contribution in [1.29, 1.82) is 0 Å². The van der Waals surface area contributed by atoms with Crippen LogP contribution in [-0.4, -0.2) is 40.5 Å². The number of nitrogens with one attached hydrogen (secondary N) is 2. The lowest BCUT2D eigenvalue weighted by atomic mass is 10.1. The summed E-state index contributed by atoms with van der Waals surface area (Å²) in [6, 6.07) is 0.551. The maximum Gasteiger partial charge on any atom is 0.200 e. The van der Waals surface area contributed by atoms with E-state index in [2.05, 4.69) is 27.1 Å². The van der Waals surface area contributed by atoms with Crippen LogP contribution in [0.3, 0.4) is 0 Å². The average Bonchev–Trinajstić information content (AvgIpc) is 2.71. The van der Waals surface area contributed by atoms with E-state index in [0.29, 0.717) is 6.04 Å². The molecule has 1 aliphatic heterocycles. The van der Waals surface area contributed by atoms with Crippen molar-refractivity contribution in [2.45, 2.75) is 25.8 Å². The van der Waals surface area contributed by atoms with Gasteiger partial charge in [-0.1, -0.05) is 6.92 Å². The summed E-state index contributed by atoms with van der Waals surface area (Å²) < 4.78 is 0. The molecule has 4 heteroatoms. The molecule has 1 aromatic rings.